The molecule has 1 saturated heterocycles. The lowest BCUT2D eigenvalue weighted by atomic mass is 10.1. The van der Waals surface area contributed by atoms with Crippen LogP contribution < -0.4 is 0 Å². The van der Waals surface area contributed by atoms with Gasteiger partial charge in [-0.15, -0.1) is 0 Å². The minimum Gasteiger partial charge on any atom is -0.336 e. The van der Waals surface area contributed by atoms with Crippen LogP contribution in [-0.2, 0) is 0 Å². The number of carbonyl (C=O) groups is 1. The number of hydrogen-bond donors (Lipinski definition) is 0. The zero-order chi connectivity index (χ0) is 19.2. The van der Waals surface area contributed by atoms with E-state index in [9.17, 15) is 14.9 Å². The van der Waals surface area contributed by atoms with Crippen molar-refractivity contribution in [2.45, 2.75) is 6.92 Å². The van der Waals surface area contributed by atoms with Crippen molar-refractivity contribution in [2.24, 2.45) is 0 Å². The zero-order valence-corrected chi connectivity index (χ0v) is 15.4. The topological polar surface area (TPSA) is 66.7 Å². The predicted molar refractivity (Wildman–Crippen MR) is 106 cm³/mol. The second-order valence-corrected chi connectivity index (χ2v) is 6.66. The number of carbonyl (C=O) groups excluding carboxylic acids is 1. The first-order chi connectivity index (χ1) is 13.0. The van der Waals surface area contributed by atoms with Crippen molar-refractivity contribution in [3.8, 4) is 0 Å². The molecular formula is C21H23N3O3. The Balaban J connectivity index is 1.53. The smallest absolute Gasteiger partial charge is 0.272 e. The van der Waals surface area contributed by atoms with Gasteiger partial charge in [0.05, 0.1) is 4.92 Å². The van der Waals surface area contributed by atoms with Crippen molar-refractivity contribution in [3.05, 3.63) is 81.4 Å². The molecule has 3 rings (SSSR count). The molecule has 0 aliphatic carbocycles. The van der Waals surface area contributed by atoms with Gasteiger partial charge in [0.15, 0.2) is 0 Å². The Labute approximate surface area is 158 Å². The third-order valence-corrected chi connectivity index (χ3v) is 4.77. The quantitative estimate of drug-likeness (QED) is 0.602. The van der Waals surface area contributed by atoms with Gasteiger partial charge >= 0.3 is 0 Å². The van der Waals surface area contributed by atoms with Gasteiger partial charge in [-0.25, -0.2) is 0 Å². The molecule has 0 atom stereocenters. The first-order valence-corrected chi connectivity index (χ1v) is 9.03. The summed E-state index contributed by atoms with van der Waals surface area (Å²) in [5, 5.41) is 10.9. The SMILES string of the molecule is Cc1cc(C(=O)N2CCN(CC=Cc3ccccc3)CC2)ccc1[N+](=O)[O-]. The number of piperazine rings is 1. The molecule has 1 heterocycles. The molecule has 0 unspecified atom stereocenters. The van der Waals surface area contributed by atoms with E-state index in [1.807, 2.05) is 23.1 Å². The number of hydrogen-bond acceptors (Lipinski definition) is 4. The first-order valence-electron chi connectivity index (χ1n) is 9.03. The third-order valence-electron chi connectivity index (χ3n) is 4.77. The molecule has 2 aromatic carbocycles. The van der Waals surface area contributed by atoms with Crippen molar-refractivity contribution in [1.29, 1.82) is 0 Å². The van der Waals surface area contributed by atoms with Crippen LogP contribution in [0.5, 0.6) is 0 Å². The highest BCUT2D eigenvalue weighted by molar-refractivity contribution is 5.94. The fraction of sp³-hybridized carbons (Fsp3) is 0.286. The van der Waals surface area contributed by atoms with Crippen molar-refractivity contribution >= 4 is 17.7 Å². The maximum atomic E-state index is 12.7. The van der Waals surface area contributed by atoms with Gasteiger partial charge in [-0.3, -0.25) is 19.8 Å². The van der Waals surface area contributed by atoms with E-state index in [4.69, 9.17) is 0 Å². The van der Waals surface area contributed by atoms with E-state index in [1.54, 1.807) is 19.1 Å². The van der Waals surface area contributed by atoms with Gasteiger partial charge in [0.1, 0.15) is 0 Å². The number of nitro benzene ring substituents is 1. The Morgan fingerprint density at radius 2 is 1.81 bits per heavy atom. The van der Waals surface area contributed by atoms with Gasteiger partial charge < -0.3 is 4.90 Å². The van der Waals surface area contributed by atoms with Crippen molar-refractivity contribution in [2.75, 3.05) is 32.7 Å². The van der Waals surface area contributed by atoms with Crippen LogP contribution in [0.4, 0.5) is 5.69 Å². The van der Waals surface area contributed by atoms with Crippen LogP contribution in [0.15, 0.2) is 54.6 Å². The minimum atomic E-state index is -0.425. The molecule has 6 heteroatoms. The van der Waals surface area contributed by atoms with Crippen LogP contribution in [0.25, 0.3) is 6.08 Å². The molecule has 0 aromatic heterocycles. The van der Waals surface area contributed by atoms with Crippen LogP contribution in [0.3, 0.4) is 0 Å². The van der Waals surface area contributed by atoms with Crippen LogP contribution in [0.1, 0.15) is 21.5 Å². The molecule has 1 aliphatic rings. The number of nitro groups is 1. The van der Waals surface area contributed by atoms with E-state index in [2.05, 4.69) is 29.2 Å². The first kappa shape index (κ1) is 18.8. The highest BCUT2D eigenvalue weighted by atomic mass is 16.6. The molecule has 0 saturated carbocycles. The lowest BCUT2D eigenvalue weighted by Crippen LogP contribution is -2.48. The van der Waals surface area contributed by atoms with Gasteiger partial charge in [-0.05, 0) is 24.6 Å². The summed E-state index contributed by atoms with van der Waals surface area (Å²) in [5.74, 6) is -0.0625. The van der Waals surface area contributed by atoms with Crippen LogP contribution in [0.2, 0.25) is 0 Å². The third kappa shape index (κ3) is 4.80. The Morgan fingerprint density at radius 3 is 2.44 bits per heavy atom. The highest BCUT2D eigenvalue weighted by Crippen LogP contribution is 2.20. The summed E-state index contributed by atoms with van der Waals surface area (Å²) >= 11 is 0. The molecule has 1 aliphatic heterocycles. The van der Waals surface area contributed by atoms with Crippen molar-refractivity contribution in [1.82, 2.24) is 9.80 Å². The molecule has 6 nitrogen and oxygen atoms in total. The molecule has 0 radical (unpaired) electrons. The van der Waals surface area contributed by atoms with E-state index in [0.29, 0.717) is 24.2 Å². The monoisotopic (exact) mass is 365 g/mol. The predicted octanol–water partition coefficient (Wildman–Crippen LogP) is 3.37. The second kappa shape index (κ2) is 8.60. The molecule has 0 bridgehead atoms. The summed E-state index contributed by atoms with van der Waals surface area (Å²) < 4.78 is 0. The van der Waals surface area contributed by atoms with E-state index in [-0.39, 0.29) is 11.6 Å². The molecule has 0 spiro atoms. The van der Waals surface area contributed by atoms with Crippen molar-refractivity contribution < 1.29 is 9.72 Å². The second-order valence-electron chi connectivity index (χ2n) is 6.66. The lowest BCUT2D eigenvalue weighted by Gasteiger charge is -2.34. The largest absolute Gasteiger partial charge is 0.336 e. The summed E-state index contributed by atoms with van der Waals surface area (Å²) in [7, 11) is 0. The molecule has 0 N–H and O–H groups in total. The van der Waals surface area contributed by atoms with Gasteiger partial charge in [-0.2, -0.15) is 0 Å². The fourth-order valence-corrected chi connectivity index (χ4v) is 3.21. The molecule has 27 heavy (non-hydrogen) atoms. The van der Waals surface area contributed by atoms with E-state index < -0.39 is 4.92 Å². The fourth-order valence-electron chi connectivity index (χ4n) is 3.21. The number of nitrogens with zero attached hydrogens (tertiary/aromatic N) is 3. The van der Waals surface area contributed by atoms with Crippen LogP contribution in [0, 0.1) is 17.0 Å². The number of amides is 1. The summed E-state index contributed by atoms with van der Waals surface area (Å²) in [4.78, 5) is 27.3. The highest BCUT2D eigenvalue weighted by Gasteiger charge is 2.22. The minimum absolute atomic E-state index is 0.0431. The maximum absolute atomic E-state index is 12.7. The summed E-state index contributed by atoms with van der Waals surface area (Å²) in [6.45, 7) is 5.47. The normalized spacial score (nSPS) is 15.2. The summed E-state index contributed by atoms with van der Waals surface area (Å²) in [6.07, 6.45) is 4.25. The van der Waals surface area contributed by atoms with E-state index in [0.717, 1.165) is 19.6 Å². The molecular weight excluding hydrogens is 342 g/mol. The summed E-state index contributed by atoms with van der Waals surface area (Å²) in [5.41, 5.74) is 2.24. The number of benzene rings is 2. The zero-order valence-electron chi connectivity index (χ0n) is 15.4. The Kier molecular flexibility index (Phi) is 5.98. The van der Waals surface area contributed by atoms with Crippen LogP contribution >= 0.6 is 0 Å². The Bertz CT molecular complexity index is 841. The van der Waals surface area contributed by atoms with Crippen LogP contribution in [-0.4, -0.2) is 53.4 Å². The molecule has 140 valence electrons. The Hall–Kier alpha value is -2.99. The average molecular weight is 365 g/mol. The summed E-state index contributed by atoms with van der Waals surface area (Å²) in [6, 6.07) is 14.7. The van der Waals surface area contributed by atoms with Gasteiger partial charge in [0.2, 0.25) is 0 Å². The number of rotatable bonds is 5. The standard InChI is InChI=1S/C21H23N3O3/c1-17-16-19(9-10-20(17)24(26)27)21(25)23-14-12-22(13-15-23)11-5-8-18-6-3-2-4-7-18/h2-10,16H,11-15H2,1H3. The van der Waals surface area contributed by atoms with Gasteiger partial charge in [-0.1, -0.05) is 42.5 Å². The average Bonchev–Trinajstić information content (AvgIpc) is 2.68. The molecule has 1 amide bonds. The van der Waals surface area contributed by atoms with Gasteiger partial charge in [0.25, 0.3) is 11.6 Å². The number of aryl methyl sites for hydroxylation is 1. The van der Waals surface area contributed by atoms with E-state index >= 15 is 0 Å². The van der Waals surface area contributed by atoms with Gasteiger partial charge in [0, 0.05) is 49.9 Å². The lowest BCUT2D eigenvalue weighted by molar-refractivity contribution is -0.385. The molecule has 1 fully saturated rings. The van der Waals surface area contributed by atoms with E-state index in [1.165, 1.54) is 11.6 Å². The molecule has 2 aromatic rings. The van der Waals surface area contributed by atoms with Crippen molar-refractivity contribution in [3.63, 3.8) is 0 Å². The Morgan fingerprint density at radius 1 is 1.11 bits per heavy atom. The maximum Gasteiger partial charge on any atom is 0.272 e.